The van der Waals surface area contributed by atoms with E-state index in [1.807, 2.05) is 35.5 Å². The molecule has 0 unspecified atom stereocenters. The van der Waals surface area contributed by atoms with Gasteiger partial charge in [0.2, 0.25) is 0 Å². The van der Waals surface area contributed by atoms with Gasteiger partial charge in [-0.1, -0.05) is 0 Å². The third-order valence-electron chi connectivity index (χ3n) is 5.99. The summed E-state index contributed by atoms with van der Waals surface area (Å²) in [5, 5.41) is 1.14. The van der Waals surface area contributed by atoms with E-state index >= 15 is 0 Å². The van der Waals surface area contributed by atoms with E-state index in [2.05, 4.69) is 22.0 Å². The summed E-state index contributed by atoms with van der Waals surface area (Å²) in [6, 6.07) is 10.0. The first kappa shape index (κ1) is 18.0. The first-order valence-electron chi connectivity index (χ1n) is 10.4. The molecule has 150 valence electrons. The molecule has 1 amide bonds. The molecular weight excluding hydrogens is 366 g/mol. The second-order valence-electron chi connectivity index (χ2n) is 7.78. The van der Waals surface area contributed by atoms with Crippen LogP contribution in [0.25, 0.3) is 11.0 Å². The molecule has 0 spiro atoms. The van der Waals surface area contributed by atoms with Crippen LogP contribution in [0.4, 0.5) is 5.69 Å². The van der Waals surface area contributed by atoms with Crippen molar-refractivity contribution in [3.63, 3.8) is 0 Å². The Morgan fingerprint density at radius 1 is 1.03 bits per heavy atom. The van der Waals surface area contributed by atoms with Crippen LogP contribution in [0, 0.1) is 0 Å². The standard InChI is InChI=1S/C23H25N3O3/c27-23(26-13-11-25(12-14-26)17-7-9-24-10-8-17)16-28-18-5-6-22-20(15-18)19-3-1-2-4-21(19)29-22/h5-10,15H,1-4,11-14,16H2/p+1. The lowest BCUT2D eigenvalue weighted by molar-refractivity contribution is -0.377. The summed E-state index contributed by atoms with van der Waals surface area (Å²) in [4.78, 5) is 19.9. The molecule has 1 fully saturated rings. The predicted octanol–water partition coefficient (Wildman–Crippen LogP) is 2.85. The molecule has 3 heterocycles. The molecule has 0 bridgehead atoms. The predicted molar refractivity (Wildman–Crippen MR) is 110 cm³/mol. The summed E-state index contributed by atoms with van der Waals surface area (Å²) in [6.45, 7) is 3.18. The minimum atomic E-state index is 0.0420. The van der Waals surface area contributed by atoms with E-state index in [9.17, 15) is 4.79 Å². The summed E-state index contributed by atoms with van der Waals surface area (Å²) in [5.41, 5.74) is 3.42. The lowest BCUT2D eigenvalue weighted by Gasteiger charge is -2.35. The summed E-state index contributed by atoms with van der Waals surface area (Å²) in [5.74, 6) is 1.90. The molecule has 1 aromatic carbocycles. The number of nitrogens with zero attached hydrogens (tertiary/aromatic N) is 2. The minimum absolute atomic E-state index is 0.0420. The number of amides is 1. The van der Waals surface area contributed by atoms with Gasteiger partial charge in [0.1, 0.15) is 17.1 Å². The second kappa shape index (κ2) is 7.78. The van der Waals surface area contributed by atoms with E-state index in [0.29, 0.717) is 0 Å². The van der Waals surface area contributed by atoms with Crippen LogP contribution in [0.3, 0.4) is 0 Å². The van der Waals surface area contributed by atoms with Crippen LogP contribution in [-0.4, -0.2) is 43.6 Å². The zero-order valence-electron chi connectivity index (χ0n) is 16.5. The molecular formula is C23H26N3O3+. The van der Waals surface area contributed by atoms with Gasteiger partial charge in [-0.3, -0.25) is 4.79 Å². The number of carbonyl (C=O) groups is 1. The fourth-order valence-electron chi connectivity index (χ4n) is 4.37. The Bertz CT molecular complexity index is 1010. The molecule has 29 heavy (non-hydrogen) atoms. The van der Waals surface area contributed by atoms with Gasteiger partial charge in [-0.15, -0.1) is 0 Å². The zero-order valence-corrected chi connectivity index (χ0v) is 16.5. The van der Waals surface area contributed by atoms with Crippen molar-refractivity contribution in [2.75, 3.05) is 37.7 Å². The first-order valence-corrected chi connectivity index (χ1v) is 10.4. The Kier molecular flexibility index (Phi) is 4.84. The number of ether oxygens (including phenoxy) is 1. The lowest BCUT2D eigenvalue weighted by atomic mass is 9.96. The molecule has 0 saturated carbocycles. The largest absolute Gasteiger partial charge is 0.484 e. The van der Waals surface area contributed by atoms with E-state index in [0.717, 1.165) is 61.5 Å². The maximum Gasteiger partial charge on any atom is 0.260 e. The molecule has 6 heteroatoms. The number of aromatic amines is 1. The molecule has 1 aliphatic heterocycles. The van der Waals surface area contributed by atoms with Crippen molar-refractivity contribution in [2.24, 2.45) is 0 Å². The van der Waals surface area contributed by atoms with Crippen LogP contribution in [-0.2, 0) is 17.6 Å². The van der Waals surface area contributed by atoms with Gasteiger partial charge in [-0.25, -0.2) is 4.98 Å². The Balaban J connectivity index is 1.19. The molecule has 5 rings (SSSR count). The van der Waals surface area contributed by atoms with Crippen molar-refractivity contribution in [1.82, 2.24) is 4.90 Å². The van der Waals surface area contributed by atoms with E-state index in [1.54, 1.807) is 0 Å². The molecule has 0 atom stereocenters. The minimum Gasteiger partial charge on any atom is -0.484 e. The van der Waals surface area contributed by atoms with E-state index < -0.39 is 0 Å². The van der Waals surface area contributed by atoms with Gasteiger partial charge in [-0.05, 0) is 37.5 Å². The Labute approximate surface area is 170 Å². The number of hydrogen-bond donors (Lipinski definition) is 0. The number of aryl methyl sites for hydroxylation is 2. The van der Waals surface area contributed by atoms with Gasteiger partial charge in [0.05, 0.1) is 0 Å². The summed E-state index contributed by atoms with van der Waals surface area (Å²) in [7, 11) is 0. The average Bonchev–Trinajstić information content (AvgIpc) is 3.16. The highest BCUT2D eigenvalue weighted by Gasteiger charge is 2.22. The van der Waals surface area contributed by atoms with Gasteiger partial charge >= 0.3 is 0 Å². The smallest absolute Gasteiger partial charge is 0.260 e. The number of anilines is 1. The number of fused-ring (bicyclic) bond motifs is 3. The third-order valence-corrected chi connectivity index (χ3v) is 5.99. The number of carbonyl (C=O) groups excluding carboxylic acids is 1. The van der Waals surface area contributed by atoms with Crippen molar-refractivity contribution in [2.45, 2.75) is 25.7 Å². The quantitative estimate of drug-likeness (QED) is 0.685. The summed E-state index contributed by atoms with van der Waals surface area (Å²) >= 11 is 0. The number of pyridine rings is 1. The maximum atomic E-state index is 12.6. The highest BCUT2D eigenvalue weighted by molar-refractivity contribution is 5.84. The number of hydrogen-bond acceptors (Lipinski definition) is 4. The number of rotatable bonds is 4. The van der Waals surface area contributed by atoms with Crippen LogP contribution in [0.15, 0.2) is 47.1 Å². The lowest BCUT2D eigenvalue weighted by Crippen LogP contribution is -2.50. The van der Waals surface area contributed by atoms with Gasteiger partial charge in [-0.2, -0.15) is 0 Å². The van der Waals surface area contributed by atoms with Gasteiger partial charge < -0.3 is 19.0 Å². The van der Waals surface area contributed by atoms with E-state index in [1.165, 1.54) is 24.1 Å². The molecule has 1 aliphatic carbocycles. The number of benzene rings is 1. The fourth-order valence-corrected chi connectivity index (χ4v) is 4.37. The normalized spacial score (nSPS) is 16.7. The number of aromatic nitrogens is 1. The van der Waals surface area contributed by atoms with Crippen molar-refractivity contribution in [3.8, 4) is 5.75 Å². The van der Waals surface area contributed by atoms with Gasteiger partial charge in [0.25, 0.3) is 5.91 Å². The Morgan fingerprint density at radius 3 is 2.66 bits per heavy atom. The molecule has 6 nitrogen and oxygen atoms in total. The van der Waals surface area contributed by atoms with Crippen molar-refractivity contribution in [1.29, 1.82) is 0 Å². The monoisotopic (exact) mass is 392 g/mol. The van der Waals surface area contributed by atoms with Gasteiger partial charge in [0.15, 0.2) is 19.0 Å². The highest BCUT2D eigenvalue weighted by atomic mass is 16.5. The first-order chi connectivity index (χ1) is 14.3. The molecule has 1 saturated heterocycles. The van der Waals surface area contributed by atoms with Crippen LogP contribution >= 0.6 is 0 Å². The second-order valence-corrected chi connectivity index (χ2v) is 7.78. The van der Waals surface area contributed by atoms with Crippen LogP contribution < -0.4 is 14.6 Å². The Morgan fingerprint density at radius 2 is 1.83 bits per heavy atom. The molecule has 2 aliphatic rings. The topological polar surface area (TPSA) is 60.1 Å². The number of piperazine rings is 1. The van der Waals surface area contributed by atoms with Crippen LogP contribution in [0.2, 0.25) is 0 Å². The number of H-pyrrole nitrogens is 1. The summed E-state index contributed by atoms with van der Waals surface area (Å²) < 4.78 is 11.8. The van der Waals surface area contributed by atoms with Crippen molar-refractivity contribution >= 4 is 22.6 Å². The molecule has 3 aromatic rings. The number of nitrogens with one attached hydrogen (secondary N) is 1. The van der Waals surface area contributed by atoms with Crippen molar-refractivity contribution < 1.29 is 18.9 Å². The zero-order chi connectivity index (χ0) is 19.6. The van der Waals surface area contributed by atoms with E-state index in [4.69, 9.17) is 9.15 Å². The molecule has 0 radical (unpaired) electrons. The van der Waals surface area contributed by atoms with Crippen LogP contribution in [0.1, 0.15) is 24.2 Å². The van der Waals surface area contributed by atoms with E-state index in [-0.39, 0.29) is 12.5 Å². The third kappa shape index (κ3) is 3.67. The van der Waals surface area contributed by atoms with Crippen LogP contribution in [0.5, 0.6) is 5.75 Å². The SMILES string of the molecule is O=C(COc1ccc2oc3c(c2c1)CCCC3)N1CCN(c2cc[nH+]cc2)CC1. The fraction of sp³-hybridized carbons (Fsp3) is 0.391. The maximum absolute atomic E-state index is 12.6. The molecule has 2 aromatic heterocycles. The highest BCUT2D eigenvalue weighted by Crippen LogP contribution is 2.33. The number of furan rings is 1. The molecule has 1 N–H and O–H groups in total. The summed E-state index contributed by atoms with van der Waals surface area (Å²) in [6.07, 6.45) is 8.34. The average molecular weight is 392 g/mol. The van der Waals surface area contributed by atoms with Crippen molar-refractivity contribution in [3.05, 3.63) is 54.0 Å². The Hall–Kier alpha value is -3.02. The van der Waals surface area contributed by atoms with Gasteiger partial charge in [0, 0.05) is 61.4 Å².